The highest BCUT2D eigenvalue weighted by Gasteiger charge is 2.45. The van der Waals surface area contributed by atoms with E-state index in [1.54, 1.807) is 0 Å². The second-order valence-electron chi connectivity index (χ2n) is 7.20. The van der Waals surface area contributed by atoms with Gasteiger partial charge in [-0.15, -0.1) is 0 Å². The van der Waals surface area contributed by atoms with Crippen molar-refractivity contribution in [1.82, 2.24) is 4.90 Å². The molecule has 3 aliphatic rings. The van der Waals surface area contributed by atoms with Crippen LogP contribution in [0.25, 0.3) is 0 Å². The number of nitrogens with one attached hydrogen (secondary N) is 1. The maximum absolute atomic E-state index is 9.14. The van der Waals surface area contributed by atoms with Crippen molar-refractivity contribution in [2.45, 2.75) is 51.4 Å². The molecule has 3 heterocycles. The predicted octanol–water partition coefficient (Wildman–Crippen LogP) is 4.61. The third-order valence-corrected chi connectivity index (χ3v) is 6.19. The van der Waals surface area contributed by atoms with Gasteiger partial charge in [0.05, 0.1) is 6.07 Å². The number of nitrogens with zero attached hydrogens (tertiary/aromatic N) is 2. The largest absolute Gasteiger partial charge is 0.373 e. The number of hydrogen-bond donors (Lipinski definition) is 1. The van der Waals surface area contributed by atoms with Gasteiger partial charge >= 0.3 is 0 Å². The average molecular weight is 307 g/mol. The summed E-state index contributed by atoms with van der Waals surface area (Å²) in [5, 5.41) is 12.9. The molecular weight excluding hydrogens is 282 g/mol. The van der Waals surface area contributed by atoms with E-state index in [-0.39, 0.29) is 5.41 Å². The van der Waals surface area contributed by atoms with Crippen LogP contribution in [0.5, 0.6) is 0 Å². The molecule has 0 spiro atoms. The zero-order valence-electron chi connectivity index (χ0n) is 13.9. The maximum Gasteiger partial charge on any atom is 0.0622 e. The number of para-hydroxylation sites is 1. The van der Waals surface area contributed by atoms with Crippen molar-refractivity contribution in [3.05, 3.63) is 41.2 Å². The number of nitriles is 1. The van der Waals surface area contributed by atoms with Gasteiger partial charge in [-0.1, -0.05) is 25.1 Å². The SMILES string of the molecule is CCC1(CCC#N)CCCN2CCC3C(=C21)Nc1ccccc13. The Hall–Kier alpha value is -1.95. The zero-order valence-corrected chi connectivity index (χ0v) is 13.9. The van der Waals surface area contributed by atoms with E-state index in [1.165, 1.54) is 48.5 Å². The van der Waals surface area contributed by atoms with Crippen molar-refractivity contribution >= 4 is 5.69 Å². The lowest BCUT2D eigenvalue weighted by atomic mass is 9.68. The minimum atomic E-state index is 0.191. The Kier molecular flexibility index (Phi) is 3.56. The van der Waals surface area contributed by atoms with Crippen LogP contribution >= 0.6 is 0 Å². The first-order valence-electron chi connectivity index (χ1n) is 9.01. The van der Waals surface area contributed by atoms with Crippen molar-refractivity contribution in [1.29, 1.82) is 5.26 Å². The van der Waals surface area contributed by atoms with Crippen molar-refractivity contribution in [2.75, 3.05) is 18.4 Å². The van der Waals surface area contributed by atoms with Crippen LogP contribution in [0.4, 0.5) is 5.69 Å². The van der Waals surface area contributed by atoms with Crippen LogP contribution in [0.15, 0.2) is 35.7 Å². The molecule has 3 heteroatoms. The summed E-state index contributed by atoms with van der Waals surface area (Å²) in [6, 6.07) is 11.1. The molecule has 0 saturated carbocycles. The lowest BCUT2D eigenvalue weighted by molar-refractivity contribution is 0.126. The van der Waals surface area contributed by atoms with Crippen LogP contribution < -0.4 is 5.32 Å². The second kappa shape index (κ2) is 5.60. The van der Waals surface area contributed by atoms with Gasteiger partial charge in [0.2, 0.25) is 0 Å². The Bertz CT molecular complexity index is 684. The fourth-order valence-corrected chi connectivity index (χ4v) is 5.02. The van der Waals surface area contributed by atoms with E-state index >= 15 is 0 Å². The Morgan fingerprint density at radius 2 is 2.22 bits per heavy atom. The maximum atomic E-state index is 9.14. The normalized spacial score (nSPS) is 28.5. The quantitative estimate of drug-likeness (QED) is 0.886. The summed E-state index contributed by atoms with van der Waals surface area (Å²) in [7, 11) is 0. The van der Waals surface area contributed by atoms with Crippen molar-refractivity contribution in [2.24, 2.45) is 5.41 Å². The van der Waals surface area contributed by atoms with Crippen molar-refractivity contribution < 1.29 is 0 Å². The smallest absolute Gasteiger partial charge is 0.0622 e. The number of fused-ring (bicyclic) bond motifs is 4. The van der Waals surface area contributed by atoms with E-state index in [0.29, 0.717) is 12.3 Å². The average Bonchev–Trinajstić information content (AvgIpc) is 2.98. The molecule has 120 valence electrons. The van der Waals surface area contributed by atoms with Crippen molar-refractivity contribution in [3.63, 3.8) is 0 Å². The first kappa shape index (κ1) is 14.6. The molecule has 0 amide bonds. The summed E-state index contributed by atoms with van der Waals surface area (Å²) in [4.78, 5) is 2.62. The standard InChI is InChI=1S/C20H25N3/c1-2-20(10-5-12-21)11-6-13-23-14-9-16-15-7-3-4-8-17(15)22-18(16)19(20)23/h3-4,7-8,16,22H,2,5-6,9-11,13-14H2,1H3. The van der Waals surface area contributed by atoms with Gasteiger partial charge in [-0.05, 0) is 43.7 Å². The van der Waals surface area contributed by atoms with E-state index in [0.717, 1.165) is 19.4 Å². The number of piperidine rings is 1. The molecule has 3 aliphatic heterocycles. The lowest BCUT2D eigenvalue weighted by Gasteiger charge is -2.50. The monoisotopic (exact) mass is 307 g/mol. The third-order valence-electron chi connectivity index (χ3n) is 6.19. The van der Waals surface area contributed by atoms with Gasteiger partial charge < -0.3 is 10.2 Å². The van der Waals surface area contributed by atoms with Crippen LogP contribution in [0.1, 0.15) is 56.9 Å². The summed E-state index contributed by atoms with van der Waals surface area (Å²) in [6.07, 6.45) is 6.49. The summed E-state index contributed by atoms with van der Waals surface area (Å²) >= 11 is 0. The molecule has 3 nitrogen and oxygen atoms in total. The summed E-state index contributed by atoms with van der Waals surface area (Å²) in [5.41, 5.74) is 5.92. The van der Waals surface area contributed by atoms with Gasteiger partial charge in [-0.25, -0.2) is 0 Å². The van der Waals surface area contributed by atoms with Gasteiger partial charge in [0, 0.05) is 47.9 Å². The predicted molar refractivity (Wildman–Crippen MR) is 92.8 cm³/mol. The Morgan fingerprint density at radius 3 is 3.04 bits per heavy atom. The fourth-order valence-electron chi connectivity index (χ4n) is 5.02. The topological polar surface area (TPSA) is 39.1 Å². The van der Waals surface area contributed by atoms with E-state index in [9.17, 15) is 0 Å². The van der Waals surface area contributed by atoms with E-state index in [1.807, 2.05) is 0 Å². The molecule has 0 aromatic heterocycles. The van der Waals surface area contributed by atoms with Crippen molar-refractivity contribution in [3.8, 4) is 6.07 Å². The number of hydrogen-bond acceptors (Lipinski definition) is 3. The van der Waals surface area contributed by atoms with Gasteiger partial charge in [0.15, 0.2) is 0 Å². The number of anilines is 1. The molecule has 23 heavy (non-hydrogen) atoms. The molecule has 4 rings (SSSR count). The van der Waals surface area contributed by atoms with E-state index in [2.05, 4.69) is 47.5 Å². The molecule has 1 saturated heterocycles. The molecule has 2 atom stereocenters. The Labute approximate surface area is 139 Å². The highest BCUT2D eigenvalue weighted by Crippen LogP contribution is 2.54. The van der Waals surface area contributed by atoms with Gasteiger partial charge in [-0.3, -0.25) is 0 Å². The Balaban J connectivity index is 1.82. The minimum absolute atomic E-state index is 0.191. The van der Waals surface area contributed by atoms with Crippen LogP contribution in [0.2, 0.25) is 0 Å². The highest BCUT2D eigenvalue weighted by atomic mass is 15.2. The second-order valence-corrected chi connectivity index (χ2v) is 7.20. The fraction of sp³-hybridized carbons (Fsp3) is 0.550. The number of rotatable bonds is 3. The minimum Gasteiger partial charge on any atom is -0.373 e. The third kappa shape index (κ3) is 2.16. The van der Waals surface area contributed by atoms with Crippen LogP contribution in [-0.2, 0) is 0 Å². The zero-order chi connectivity index (χ0) is 15.9. The lowest BCUT2D eigenvalue weighted by Crippen LogP contribution is -2.45. The summed E-state index contributed by atoms with van der Waals surface area (Å²) < 4.78 is 0. The van der Waals surface area contributed by atoms with Gasteiger partial charge in [0.1, 0.15) is 0 Å². The van der Waals surface area contributed by atoms with Gasteiger partial charge in [-0.2, -0.15) is 5.26 Å². The molecule has 1 aromatic rings. The molecule has 1 N–H and O–H groups in total. The van der Waals surface area contributed by atoms with E-state index in [4.69, 9.17) is 5.26 Å². The number of benzene rings is 1. The van der Waals surface area contributed by atoms with E-state index < -0.39 is 0 Å². The molecule has 2 unspecified atom stereocenters. The molecule has 0 radical (unpaired) electrons. The number of allylic oxidation sites excluding steroid dienone is 2. The first-order valence-corrected chi connectivity index (χ1v) is 9.01. The van der Waals surface area contributed by atoms with Gasteiger partial charge in [0.25, 0.3) is 0 Å². The van der Waals surface area contributed by atoms with Crippen LogP contribution in [-0.4, -0.2) is 18.0 Å². The summed E-state index contributed by atoms with van der Waals surface area (Å²) in [6.45, 7) is 4.64. The molecular formula is C20H25N3. The van der Waals surface area contributed by atoms with Crippen LogP contribution in [0, 0.1) is 16.7 Å². The molecule has 0 bridgehead atoms. The molecule has 1 fully saturated rings. The highest BCUT2D eigenvalue weighted by molar-refractivity contribution is 5.66. The molecule has 0 aliphatic carbocycles. The van der Waals surface area contributed by atoms with Crippen LogP contribution in [0.3, 0.4) is 0 Å². The first-order chi connectivity index (χ1) is 11.3. The Morgan fingerprint density at radius 1 is 1.35 bits per heavy atom. The molecule has 1 aromatic carbocycles. The summed E-state index contributed by atoms with van der Waals surface area (Å²) in [5.74, 6) is 0.531.